The van der Waals surface area contributed by atoms with E-state index in [0.717, 1.165) is 64.2 Å². The molecule has 53 heavy (non-hydrogen) atoms. The van der Waals surface area contributed by atoms with Gasteiger partial charge in [-0.05, 0) is 77.0 Å². The Kier molecular flexibility index (Phi) is 35.1. The minimum absolute atomic E-state index is 0.0675. The van der Waals surface area contributed by atoms with E-state index in [-0.39, 0.29) is 19.4 Å². The number of carbonyl (C=O) groups is 2. The van der Waals surface area contributed by atoms with E-state index in [9.17, 15) is 19.3 Å². The topological polar surface area (TPSA) is 140 Å². The Morgan fingerprint density at radius 3 is 1.79 bits per heavy atom. The van der Waals surface area contributed by atoms with E-state index in [0.29, 0.717) is 19.3 Å². The van der Waals surface area contributed by atoms with Gasteiger partial charge in [-0.15, -0.1) is 0 Å². The second-order valence-electron chi connectivity index (χ2n) is 12.7. The number of unbranched alkanes of at least 4 members (excludes halogenated alkanes) is 8. The van der Waals surface area contributed by atoms with Crippen molar-refractivity contribution < 1.29 is 43.0 Å². The molecule has 300 valence electrons. The lowest BCUT2D eigenvalue weighted by atomic mass is 10.1. The Balaban J connectivity index is 4.18. The highest BCUT2D eigenvalue weighted by Gasteiger charge is 2.22. The molecule has 0 aromatic carbocycles. The zero-order valence-electron chi connectivity index (χ0n) is 32.5. The summed E-state index contributed by atoms with van der Waals surface area (Å²) in [6.45, 7) is 3.34. The Hall–Kier alpha value is -3.07. The van der Waals surface area contributed by atoms with E-state index in [2.05, 4.69) is 73.1 Å². The summed E-state index contributed by atoms with van der Waals surface area (Å²) in [4.78, 5) is 42.7. The van der Waals surface area contributed by atoms with Gasteiger partial charge < -0.3 is 24.4 Å². The molecule has 0 rings (SSSR count). The summed E-state index contributed by atoms with van der Waals surface area (Å²) >= 11 is 0. The smallest absolute Gasteiger partial charge is 0.462 e. The molecule has 10 heteroatoms. The molecule has 0 saturated carbocycles. The molecule has 0 saturated heterocycles. The van der Waals surface area contributed by atoms with E-state index in [1.165, 1.54) is 25.7 Å². The number of carbonyl (C=O) groups excluding carboxylic acids is 2. The summed E-state index contributed by atoms with van der Waals surface area (Å²) in [5.74, 6) is -1.05. The first-order valence-corrected chi connectivity index (χ1v) is 21.2. The molecule has 0 radical (unpaired) electrons. The number of hydrogen-bond donors (Lipinski definition) is 3. The van der Waals surface area contributed by atoms with Crippen LogP contribution in [0.25, 0.3) is 0 Å². The summed E-state index contributed by atoms with van der Waals surface area (Å²) in [6.07, 6.45) is 47.5. The summed E-state index contributed by atoms with van der Waals surface area (Å²) in [6, 6.07) is 0. The van der Waals surface area contributed by atoms with Crippen LogP contribution in [0.1, 0.15) is 136 Å². The van der Waals surface area contributed by atoms with Gasteiger partial charge in [0.25, 0.3) is 0 Å². The van der Waals surface area contributed by atoms with Gasteiger partial charge in [-0.2, -0.15) is 0 Å². The lowest BCUT2D eigenvalue weighted by Gasteiger charge is -2.18. The number of rotatable bonds is 34. The average Bonchev–Trinajstić information content (AvgIpc) is 3.12. The van der Waals surface area contributed by atoms with Crippen molar-refractivity contribution in [3.63, 3.8) is 0 Å². The molecule has 2 atom stereocenters. The van der Waals surface area contributed by atoms with E-state index in [1.54, 1.807) is 6.08 Å². The summed E-state index contributed by atoms with van der Waals surface area (Å²) in [5, 5.41) is 9.83. The SMILES string of the molecule is CC/C=C/CC(O)/C=C/C=C/CCCCCCCC(=O)OC[C@H](COP(=O)(O)O)OC(=O)CC/C=C\C/C=C\C/C=C\C/C=C\C/C=C\CCCCC. The Bertz CT molecular complexity index is 1190. The number of hydrogen-bond acceptors (Lipinski definition) is 7. The first kappa shape index (κ1) is 49.9. The van der Waals surface area contributed by atoms with E-state index < -0.39 is 38.6 Å². The van der Waals surface area contributed by atoms with Crippen LogP contribution in [-0.2, 0) is 28.2 Å². The molecule has 0 bridgehead atoms. The molecule has 1 unspecified atom stereocenters. The lowest BCUT2D eigenvalue weighted by Crippen LogP contribution is -2.29. The molecule has 0 fully saturated rings. The molecule has 0 spiro atoms. The Morgan fingerprint density at radius 1 is 0.604 bits per heavy atom. The molecule has 0 amide bonds. The standard InChI is InChI=1S/C43H69O9P/c1-3-5-7-8-9-10-11-12-13-14-15-16-17-18-19-22-26-29-33-37-43(46)52-41(39-51-53(47,48)49)38-50-42(45)36-32-28-25-23-20-21-24-27-31-35-40(44)34-30-6-4-2/h6,9-10,12-13,15-16,18-19,24,26-27,29-31,35,40-41,44H,3-5,7-8,11,14,17,20-23,25,28,32-34,36-39H2,1-2H3,(H2,47,48,49)/b10-9-,13-12-,16-15-,19-18-,27-24+,29-26-,30-6+,35-31+/t40?,41-/m1/s1. The lowest BCUT2D eigenvalue weighted by molar-refractivity contribution is -0.161. The van der Waals surface area contributed by atoms with Crippen molar-refractivity contribution in [2.75, 3.05) is 13.2 Å². The van der Waals surface area contributed by atoms with Crippen molar-refractivity contribution in [2.45, 2.75) is 148 Å². The van der Waals surface area contributed by atoms with Gasteiger partial charge in [-0.1, -0.05) is 143 Å². The number of phosphoric ester groups is 1. The Labute approximate surface area is 320 Å². The monoisotopic (exact) mass is 760 g/mol. The highest BCUT2D eigenvalue weighted by Crippen LogP contribution is 2.35. The van der Waals surface area contributed by atoms with Gasteiger partial charge in [-0.25, -0.2) is 4.57 Å². The summed E-state index contributed by atoms with van der Waals surface area (Å²) in [7, 11) is -4.80. The van der Waals surface area contributed by atoms with Crippen LogP contribution in [0.3, 0.4) is 0 Å². The van der Waals surface area contributed by atoms with Gasteiger partial charge in [0.15, 0.2) is 6.10 Å². The van der Waals surface area contributed by atoms with Gasteiger partial charge in [0.2, 0.25) is 0 Å². The van der Waals surface area contributed by atoms with Crippen LogP contribution in [0, 0.1) is 0 Å². The molecule has 0 aromatic heterocycles. The predicted octanol–water partition coefficient (Wildman–Crippen LogP) is 10.8. The quantitative estimate of drug-likeness (QED) is 0.0192. The van der Waals surface area contributed by atoms with Crippen LogP contribution >= 0.6 is 7.82 Å². The first-order valence-electron chi connectivity index (χ1n) is 19.6. The normalized spacial score (nSPS) is 14.1. The summed E-state index contributed by atoms with van der Waals surface area (Å²) in [5.41, 5.74) is 0. The third kappa shape index (κ3) is 40.0. The van der Waals surface area contributed by atoms with E-state index in [1.807, 2.05) is 36.5 Å². The molecule has 3 N–H and O–H groups in total. The maximum atomic E-state index is 12.4. The molecule has 0 aliphatic carbocycles. The van der Waals surface area contributed by atoms with Crippen molar-refractivity contribution in [2.24, 2.45) is 0 Å². The van der Waals surface area contributed by atoms with Crippen LogP contribution < -0.4 is 0 Å². The zero-order valence-corrected chi connectivity index (χ0v) is 33.4. The largest absolute Gasteiger partial charge is 0.469 e. The molecule has 0 aliphatic rings. The molecule has 0 aliphatic heterocycles. The minimum Gasteiger partial charge on any atom is -0.462 e. The number of aliphatic hydroxyl groups is 1. The number of ether oxygens (including phenoxy) is 2. The fourth-order valence-corrected chi connectivity index (χ4v) is 5.10. The maximum absolute atomic E-state index is 12.4. The van der Waals surface area contributed by atoms with Crippen molar-refractivity contribution in [3.8, 4) is 0 Å². The van der Waals surface area contributed by atoms with Gasteiger partial charge in [-0.3, -0.25) is 14.1 Å². The molecular formula is C43H69O9P. The average molecular weight is 761 g/mol. The van der Waals surface area contributed by atoms with Crippen LogP contribution in [-0.4, -0.2) is 52.3 Å². The fraction of sp³-hybridized carbons (Fsp3) is 0.581. The van der Waals surface area contributed by atoms with Crippen LogP contribution in [0.15, 0.2) is 97.2 Å². The van der Waals surface area contributed by atoms with Crippen molar-refractivity contribution in [1.82, 2.24) is 0 Å². The third-order valence-corrected chi connectivity index (χ3v) is 8.17. The minimum atomic E-state index is -4.80. The Morgan fingerprint density at radius 2 is 1.17 bits per heavy atom. The molecular weight excluding hydrogens is 691 g/mol. The fourth-order valence-electron chi connectivity index (χ4n) is 4.74. The van der Waals surface area contributed by atoms with Gasteiger partial charge in [0.1, 0.15) is 6.61 Å². The molecule has 0 aromatic rings. The molecule has 0 heterocycles. The van der Waals surface area contributed by atoms with E-state index >= 15 is 0 Å². The summed E-state index contributed by atoms with van der Waals surface area (Å²) < 4.78 is 26.2. The van der Waals surface area contributed by atoms with Crippen LogP contribution in [0.5, 0.6) is 0 Å². The second kappa shape index (κ2) is 37.3. The van der Waals surface area contributed by atoms with Gasteiger partial charge in [0, 0.05) is 12.8 Å². The van der Waals surface area contributed by atoms with Crippen LogP contribution in [0.2, 0.25) is 0 Å². The number of phosphoric acid groups is 1. The van der Waals surface area contributed by atoms with Crippen molar-refractivity contribution in [1.29, 1.82) is 0 Å². The highest BCUT2D eigenvalue weighted by atomic mass is 31.2. The van der Waals surface area contributed by atoms with Crippen molar-refractivity contribution >= 4 is 19.8 Å². The zero-order chi connectivity index (χ0) is 39.1. The number of allylic oxidation sites excluding steroid dienone is 14. The van der Waals surface area contributed by atoms with Crippen molar-refractivity contribution in [3.05, 3.63) is 97.2 Å². The number of aliphatic hydroxyl groups excluding tert-OH is 1. The third-order valence-electron chi connectivity index (χ3n) is 7.68. The maximum Gasteiger partial charge on any atom is 0.469 e. The van der Waals surface area contributed by atoms with E-state index in [4.69, 9.17) is 19.3 Å². The molecule has 9 nitrogen and oxygen atoms in total. The van der Waals surface area contributed by atoms with Gasteiger partial charge in [0.05, 0.1) is 12.7 Å². The van der Waals surface area contributed by atoms with Gasteiger partial charge >= 0.3 is 19.8 Å². The second-order valence-corrected chi connectivity index (χ2v) is 14.0. The van der Waals surface area contributed by atoms with Crippen LogP contribution in [0.4, 0.5) is 0 Å². The first-order chi connectivity index (χ1) is 25.7. The predicted molar refractivity (Wildman–Crippen MR) is 217 cm³/mol. The highest BCUT2D eigenvalue weighted by molar-refractivity contribution is 7.46. The number of esters is 2.